The zero-order valence-electron chi connectivity index (χ0n) is 10.8. The molecule has 1 unspecified atom stereocenters. The van der Waals surface area contributed by atoms with Crippen LogP contribution in [0.25, 0.3) is 0 Å². The molecule has 1 aliphatic carbocycles. The molecule has 2 fully saturated rings. The van der Waals surface area contributed by atoms with Gasteiger partial charge in [0, 0.05) is 12.6 Å². The van der Waals surface area contributed by atoms with Crippen molar-refractivity contribution in [3.8, 4) is 0 Å². The van der Waals surface area contributed by atoms with E-state index in [0.717, 1.165) is 19.0 Å². The molecule has 0 amide bonds. The lowest BCUT2D eigenvalue weighted by molar-refractivity contribution is -0.0137. The van der Waals surface area contributed by atoms with Gasteiger partial charge in [0.2, 0.25) is 0 Å². The lowest BCUT2D eigenvalue weighted by Crippen LogP contribution is -2.60. The van der Waals surface area contributed by atoms with E-state index in [1.54, 1.807) is 0 Å². The number of likely N-dealkylation sites (N-methyl/N-ethyl adjacent to an activating group) is 1. The molecule has 1 N–H and O–H groups in total. The van der Waals surface area contributed by atoms with Gasteiger partial charge in [-0.2, -0.15) is 0 Å². The van der Waals surface area contributed by atoms with Crippen molar-refractivity contribution in [2.45, 2.75) is 50.1 Å². The average molecular weight is 226 g/mol. The van der Waals surface area contributed by atoms with Crippen LogP contribution >= 0.6 is 0 Å². The Bertz CT molecular complexity index is 226. The number of piperidine rings is 1. The minimum absolute atomic E-state index is 0.0147. The number of aliphatic hydroxyl groups is 1. The fraction of sp³-hybridized carbons (Fsp3) is 1.00. The Hall–Kier alpha value is -0.120. The van der Waals surface area contributed by atoms with Crippen LogP contribution < -0.4 is 0 Å². The van der Waals surface area contributed by atoms with Crippen LogP contribution in [0.1, 0.15) is 38.5 Å². The van der Waals surface area contributed by atoms with Gasteiger partial charge in [0.05, 0.1) is 12.1 Å². The summed E-state index contributed by atoms with van der Waals surface area (Å²) in [5.74, 6) is 0. The van der Waals surface area contributed by atoms with Crippen molar-refractivity contribution in [2.75, 3.05) is 33.8 Å². The summed E-state index contributed by atoms with van der Waals surface area (Å²) < 4.78 is 0. The van der Waals surface area contributed by atoms with Crippen LogP contribution in [0, 0.1) is 0 Å². The van der Waals surface area contributed by atoms with Gasteiger partial charge in [0.1, 0.15) is 0 Å². The van der Waals surface area contributed by atoms with E-state index in [-0.39, 0.29) is 5.54 Å². The van der Waals surface area contributed by atoms with Crippen LogP contribution in [-0.2, 0) is 0 Å². The van der Waals surface area contributed by atoms with Crippen molar-refractivity contribution in [3.05, 3.63) is 0 Å². The first-order chi connectivity index (χ1) is 7.68. The Balaban J connectivity index is 2.01. The summed E-state index contributed by atoms with van der Waals surface area (Å²) in [4.78, 5) is 4.86. The van der Waals surface area contributed by atoms with Gasteiger partial charge in [-0.25, -0.2) is 0 Å². The molecule has 16 heavy (non-hydrogen) atoms. The topological polar surface area (TPSA) is 26.7 Å². The minimum Gasteiger partial charge on any atom is -0.394 e. The first kappa shape index (κ1) is 12.3. The van der Waals surface area contributed by atoms with Gasteiger partial charge in [-0.3, -0.25) is 4.90 Å². The van der Waals surface area contributed by atoms with Gasteiger partial charge >= 0.3 is 0 Å². The second-order valence-corrected chi connectivity index (χ2v) is 5.79. The second kappa shape index (κ2) is 5.03. The zero-order valence-corrected chi connectivity index (χ0v) is 10.8. The van der Waals surface area contributed by atoms with Crippen molar-refractivity contribution < 1.29 is 5.11 Å². The number of hydrogen-bond acceptors (Lipinski definition) is 3. The highest BCUT2D eigenvalue weighted by Gasteiger charge is 2.39. The van der Waals surface area contributed by atoms with E-state index in [4.69, 9.17) is 0 Å². The molecule has 0 aromatic heterocycles. The fourth-order valence-electron chi connectivity index (χ4n) is 3.36. The van der Waals surface area contributed by atoms with Crippen LogP contribution in [-0.4, -0.2) is 60.3 Å². The molecule has 2 rings (SSSR count). The normalized spacial score (nSPS) is 33.8. The number of aliphatic hydroxyl groups excluding tert-OH is 1. The molecule has 0 bridgehead atoms. The van der Waals surface area contributed by atoms with Crippen LogP contribution in [0.4, 0.5) is 0 Å². The molecule has 1 atom stereocenters. The monoisotopic (exact) mass is 226 g/mol. The maximum atomic E-state index is 9.70. The molecule has 2 aliphatic rings. The van der Waals surface area contributed by atoms with Gasteiger partial charge in [-0.15, -0.1) is 0 Å². The Labute approximate surface area is 99.4 Å². The summed E-state index contributed by atoms with van der Waals surface area (Å²) in [6.45, 7) is 2.59. The Morgan fingerprint density at radius 2 is 1.94 bits per heavy atom. The van der Waals surface area contributed by atoms with E-state index in [2.05, 4.69) is 23.9 Å². The van der Waals surface area contributed by atoms with Crippen molar-refractivity contribution in [2.24, 2.45) is 0 Å². The summed E-state index contributed by atoms with van der Waals surface area (Å²) in [5, 5.41) is 9.70. The molecule has 1 saturated heterocycles. The maximum absolute atomic E-state index is 9.70. The van der Waals surface area contributed by atoms with Crippen molar-refractivity contribution in [1.29, 1.82) is 0 Å². The van der Waals surface area contributed by atoms with Crippen LogP contribution in [0.15, 0.2) is 0 Å². The van der Waals surface area contributed by atoms with Gasteiger partial charge in [0.25, 0.3) is 0 Å². The first-order valence-corrected chi connectivity index (χ1v) is 6.70. The number of rotatable bonds is 3. The van der Waals surface area contributed by atoms with Crippen LogP contribution in [0.5, 0.6) is 0 Å². The molecule has 0 aromatic rings. The lowest BCUT2D eigenvalue weighted by Gasteiger charge is -2.47. The van der Waals surface area contributed by atoms with Gasteiger partial charge < -0.3 is 10.0 Å². The molecule has 1 saturated carbocycles. The molecule has 1 aliphatic heterocycles. The molecule has 0 radical (unpaired) electrons. The highest BCUT2D eigenvalue weighted by molar-refractivity contribution is 4.96. The number of nitrogens with zero attached hydrogens (tertiary/aromatic N) is 2. The molecule has 1 heterocycles. The fourth-order valence-corrected chi connectivity index (χ4v) is 3.36. The van der Waals surface area contributed by atoms with Crippen molar-refractivity contribution >= 4 is 0 Å². The summed E-state index contributed by atoms with van der Waals surface area (Å²) in [6, 6.07) is 0.797. The molecule has 3 heteroatoms. The lowest BCUT2D eigenvalue weighted by atomic mass is 9.87. The van der Waals surface area contributed by atoms with Crippen LogP contribution in [0.2, 0.25) is 0 Å². The summed E-state index contributed by atoms with van der Waals surface area (Å²) in [5.41, 5.74) is 0.0147. The Morgan fingerprint density at radius 1 is 1.25 bits per heavy atom. The van der Waals surface area contributed by atoms with Gasteiger partial charge in [-0.05, 0) is 46.3 Å². The van der Waals surface area contributed by atoms with Crippen LogP contribution in [0.3, 0.4) is 0 Å². The van der Waals surface area contributed by atoms with E-state index in [1.807, 2.05) is 0 Å². The largest absolute Gasteiger partial charge is 0.394 e. The van der Waals surface area contributed by atoms with E-state index in [1.165, 1.54) is 38.6 Å². The molecular formula is C13H26N2O. The van der Waals surface area contributed by atoms with E-state index < -0.39 is 0 Å². The zero-order chi connectivity index (χ0) is 11.6. The minimum atomic E-state index is 0.0147. The SMILES string of the molecule is CN(C)C1(CO)CCCN(C2CCCC2)C1. The van der Waals surface area contributed by atoms with Gasteiger partial charge in [-0.1, -0.05) is 12.8 Å². The van der Waals surface area contributed by atoms with Gasteiger partial charge in [0.15, 0.2) is 0 Å². The van der Waals surface area contributed by atoms with Crippen molar-refractivity contribution in [3.63, 3.8) is 0 Å². The third-order valence-electron chi connectivity index (χ3n) is 4.67. The standard InChI is InChI=1S/C13H26N2O/c1-14(2)13(11-16)8-5-9-15(10-13)12-6-3-4-7-12/h12,16H,3-11H2,1-2H3. The molecule has 94 valence electrons. The van der Waals surface area contributed by atoms with E-state index in [9.17, 15) is 5.11 Å². The predicted octanol–water partition coefficient (Wildman–Crippen LogP) is 1.32. The summed E-state index contributed by atoms with van der Waals surface area (Å²) in [6.07, 6.45) is 7.91. The maximum Gasteiger partial charge on any atom is 0.0627 e. The second-order valence-electron chi connectivity index (χ2n) is 5.79. The highest BCUT2D eigenvalue weighted by Crippen LogP contribution is 2.31. The number of hydrogen-bond donors (Lipinski definition) is 1. The number of likely N-dealkylation sites (tertiary alicyclic amines) is 1. The van der Waals surface area contributed by atoms with Crippen molar-refractivity contribution in [1.82, 2.24) is 9.80 Å². The predicted molar refractivity (Wildman–Crippen MR) is 66.6 cm³/mol. The third-order valence-corrected chi connectivity index (χ3v) is 4.67. The van der Waals surface area contributed by atoms with E-state index in [0.29, 0.717) is 6.61 Å². The Morgan fingerprint density at radius 3 is 2.50 bits per heavy atom. The average Bonchev–Trinajstić information content (AvgIpc) is 2.82. The quantitative estimate of drug-likeness (QED) is 0.786. The molecule has 0 spiro atoms. The summed E-state index contributed by atoms with van der Waals surface area (Å²) in [7, 11) is 4.21. The molecule has 3 nitrogen and oxygen atoms in total. The summed E-state index contributed by atoms with van der Waals surface area (Å²) >= 11 is 0. The van der Waals surface area contributed by atoms with E-state index >= 15 is 0 Å². The Kier molecular flexibility index (Phi) is 3.88. The smallest absolute Gasteiger partial charge is 0.0627 e. The molecule has 0 aromatic carbocycles. The third kappa shape index (κ3) is 2.27. The first-order valence-electron chi connectivity index (χ1n) is 6.70. The highest BCUT2D eigenvalue weighted by atomic mass is 16.3. The molecular weight excluding hydrogens is 200 g/mol.